The molecule has 2 atom stereocenters. The Bertz CT molecular complexity index is 405. The Kier molecular flexibility index (Phi) is 4.23. The van der Waals surface area contributed by atoms with Crippen molar-refractivity contribution in [3.63, 3.8) is 0 Å². The molecule has 1 aromatic rings. The Morgan fingerprint density at radius 3 is 2.83 bits per heavy atom. The topological polar surface area (TPSA) is 15.3 Å². The average Bonchev–Trinajstić information content (AvgIpc) is 2.34. The third kappa shape index (κ3) is 2.66. The highest BCUT2D eigenvalue weighted by Crippen LogP contribution is 2.32. The van der Waals surface area contributed by atoms with Crippen molar-refractivity contribution >= 4 is 5.69 Å². The molecular formula is C15H23FN2. The van der Waals surface area contributed by atoms with E-state index in [4.69, 9.17) is 0 Å². The van der Waals surface area contributed by atoms with Crippen LogP contribution in [0.15, 0.2) is 18.2 Å². The number of hydrogen-bond acceptors (Lipinski definition) is 2. The minimum atomic E-state index is -0.0938. The number of rotatable bonds is 3. The van der Waals surface area contributed by atoms with Crippen molar-refractivity contribution in [2.24, 2.45) is 5.92 Å². The zero-order chi connectivity index (χ0) is 13.1. The van der Waals surface area contributed by atoms with Gasteiger partial charge in [0.2, 0.25) is 0 Å². The van der Waals surface area contributed by atoms with Crippen molar-refractivity contribution in [3.8, 4) is 0 Å². The Morgan fingerprint density at radius 2 is 2.11 bits per heavy atom. The van der Waals surface area contributed by atoms with Gasteiger partial charge in [-0.05, 0) is 44.4 Å². The van der Waals surface area contributed by atoms with Gasteiger partial charge in [0.25, 0.3) is 0 Å². The molecule has 0 bridgehead atoms. The van der Waals surface area contributed by atoms with Crippen molar-refractivity contribution in [1.29, 1.82) is 0 Å². The number of anilines is 1. The van der Waals surface area contributed by atoms with Crippen molar-refractivity contribution < 1.29 is 4.39 Å². The van der Waals surface area contributed by atoms with E-state index in [2.05, 4.69) is 24.1 Å². The Hall–Kier alpha value is -1.09. The molecule has 1 aromatic carbocycles. The minimum absolute atomic E-state index is 0.0938. The largest absolute Gasteiger partial charge is 0.366 e. The standard InChI is InChI=1S/C15H23FN2/c1-11-7-8-12(2)18(10-11)15-13(9-17-3)5-4-6-14(15)16/h4-6,11-12,17H,7-10H2,1-3H3. The molecule has 2 rings (SSSR count). The van der Waals surface area contributed by atoms with Gasteiger partial charge in [0.05, 0.1) is 5.69 Å². The van der Waals surface area contributed by atoms with E-state index < -0.39 is 0 Å². The van der Waals surface area contributed by atoms with Gasteiger partial charge >= 0.3 is 0 Å². The summed E-state index contributed by atoms with van der Waals surface area (Å²) in [5.74, 6) is 0.548. The molecule has 18 heavy (non-hydrogen) atoms. The highest BCUT2D eigenvalue weighted by atomic mass is 19.1. The number of benzene rings is 1. The number of nitrogens with zero attached hydrogens (tertiary/aromatic N) is 1. The number of para-hydroxylation sites is 1. The summed E-state index contributed by atoms with van der Waals surface area (Å²) in [6, 6.07) is 5.80. The summed E-state index contributed by atoms with van der Waals surface area (Å²) in [5, 5.41) is 3.12. The van der Waals surface area contributed by atoms with Gasteiger partial charge in [-0.3, -0.25) is 0 Å². The fourth-order valence-corrected chi connectivity index (χ4v) is 2.81. The lowest BCUT2D eigenvalue weighted by Crippen LogP contribution is -2.42. The van der Waals surface area contributed by atoms with Gasteiger partial charge < -0.3 is 10.2 Å². The summed E-state index contributed by atoms with van der Waals surface area (Å²) in [4.78, 5) is 2.25. The molecule has 1 N–H and O–H groups in total. The molecule has 0 spiro atoms. The molecule has 3 heteroatoms. The van der Waals surface area contributed by atoms with Crippen LogP contribution in [0.2, 0.25) is 0 Å². The molecule has 0 amide bonds. The first-order chi connectivity index (χ1) is 8.63. The van der Waals surface area contributed by atoms with Crippen molar-refractivity contribution in [1.82, 2.24) is 5.32 Å². The van der Waals surface area contributed by atoms with Gasteiger partial charge in [-0.15, -0.1) is 0 Å². The van der Waals surface area contributed by atoms with Crippen LogP contribution in [0.1, 0.15) is 32.3 Å². The lowest BCUT2D eigenvalue weighted by atomic mass is 9.93. The molecular weight excluding hydrogens is 227 g/mol. The van der Waals surface area contributed by atoms with Crippen molar-refractivity contribution in [2.45, 2.75) is 39.3 Å². The Balaban J connectivity index is 2.35. The van der Waals surface area contributed by atoms with E-state index in [1.165, 1.54) is 6.42 Å². The predicted molar refractivity (Wildman–Crippen MR) is 74.4 cm³/mol. The van der Waals surface area contributed by atoms with E-state index in [1.807, 2.05) is 13.1 Å². The van der Waals surface area contributed by atoms with Crippen LogP contribution in [0.4, 0.5) is 10.1 Å². The number of hydrogen-bond donors (Lipinski definition) is 1. The smallest absolute Gasteiger partial charge is 0.146 e. The van der Waals surface area contributed by atoms with Crippen molar-refractivity contribution in [3.05, 3.63) is 29.6 Å². The molecule has 1 fully saturated rings. The molecule has 0 aliphatic carbocycles. The molecule has 0 aromatic heterocycles. The van der Waals surface area contributed by atoms with Crippen LogP contribution in [0.3, 0.4) is 0 Å². The quantitative estimate of drug-likeness (QED) is 0.886. The van der Waals surface area contributed by atoms with Gasteiger partial charge in [-0.1, -0.05) is 19.1 Å². The summed E-state index contributed by atoms with van der Waals surface area (Å²) in [6.45, 7) is 6.11. The first-order valence-electron chi connectivity index (χ1n) is 6.82. The Labute approximate surface area is 109 Å². The maximum atomic E-state index is 14.2. The normalized spacial score (nSPS) is 24.3. The van der Waals surface area contributed by atoms with Gasteiger partial charge in [-0.25, -0.2) is 4.39 Å². The van der Waals surface area contributed by atoms with Gasteiger partial charge in [0.15, 0.2) is 0 Å². The highest BCUT2D eigenvalue weighted by Gasteiger charge is 2.26. The second kappa shape index (κ2) is 5.70. The third-order valence-corrected chi connectivity index (χ3v) is 3.84. The second-order valence-corrected chi connectivity index (χ2v) is 5.46. The van der Waals surface area contributed by atoms with E-state index in [0.717, 1.165) is 24.2 Å². The maximum Gasteiger partial charge on any atom is 0.146 e. The van der Waals surface area contributed by atoms with Crippen LogP contribution in [0.5, 0.6) is 0 Å². The van der Waals surface area contributed by atoms with Gasteiger partial charge in [0, 0.05) is 19.1 Å². The summed E-state index contributed by atoms with van der Waals surface area (Å²) < 4.78 is 14.2. The molecule has 0 saturated carbocycles. The zero-order valence-corrected chi connectivity index (χ0v) is 11.5. The van der Waals surface area contributed by atoms with E-state index in [0.29, 0.717) is 18.5 Å². The molecule has 1 aliphatic heterocycles. The van der Waals surface area contributed by atoms with Crippen LogP contribution in [-0.4, -0.2) is 19.6 Å². The summed E-state index contributed by atoms with van der Waals surface area (Å²) in [6.07, 6.45) is 2.39. The molecule has 1 aliphatic rings. The van der Waals surface area contributed by atoms with E-state index in [1.54, 1.807) is 12.1 Å². The molecule has 1 saturated heterocycles. The molecule has 100 valence electrons. The maximum absolute atomic E-state index is 14.2. The Morgan fingerprint density at radius 1 is 1.33 bits per heavy atom. The molecule has 2 nitrogen and oxygen atoms in total. The SMILES string of the molecule is CNCc1cccc(F)c1N1CC(C)CCC1C. The predicted octanol–water partition coefficient (Wildman–Crippen LogP) is 3.17. The first-order valence-corrected chi connectivity index (χ1v) is 6.82. The third-order valence-electron chi connectivity index (χ3n) is 3.84. The summed E-state index contributed by atoms with van der Waals surface area (Å²) in [5.41, 5.74) is 1.85. The van der Waals surface area contributed by atoms with Gasteiger partial charge in [-0.2, -0.15) is 0 Å². The number of nitrogens with one attached hydrogen (secondary N) is 1. The second-order valence-electron chi connectivity index (χ2n) is 5.46. The van der Waals surface area contributed by atoms with E-state index >= 15 is 0 Å². The van der Waals surface area contributed by atoms with Crippen LogP contribution in [0, 0.1) is 11.7 Å². The highest BCUT2D eigenvalue weighted by molar-refractivity contribution is 5.56. The van der Waals surface area contributed by atoms with Gasteiger partial charge in [0.1, 0.15) is 5.82 Å². The number of piperidine rings is 1. The summed E-state index contributed by atoms with van der Waals surface area (Å²) >= 11 is 0. The fraction of sp³-hybridized carbons (Fsp3) is 0.600. The van der Waals surface area contributed by atoms with Crippen LogP contribution in [0.25, 0.3) is 0 Å². The van der Waals surface area contributed by atoms with E-state index in [-0.39, 0.29) is 5.82 Å². The monoisotopic (exact) mass is 250 g/mol. The molecule has 1 heterocycles. The van der Waals surface area contributed by atoms with E-state index in [9.17, 15) is 4.39 Å². The first kappa shape index (κ1) is 13.3. The number of halogens is 1. The fourth-order valence-electron chi connectivity index (χ4n) is 2.81. The molecule has 0 radical (unpaired) electrons. The minimum Gasteiger partial charge on any atom is -0.366 e. The van der Waals surface area contributed by atoms with Crippen molar-refractivity contribution in [2.75, 3.05) is 18.5 Å². The van der Waals surface area contributed by atoms with Crippen LogP contribution < -0.4 is 10.2 Å². The lowest BCUT2D eigenvalue weighted by Gasteiger charge is -2.39. The zero-order valence-electron chi connectivity index (χ0n) is 11.5. The average molecular weight is 250 g/mol. The molecule has 2 unspecified atom stereocenters. The van der Waals surface area contributed by atoms with Crippen LogP contribution in [-0.2, 0) is 6.54 Å². The van der Waals surface area contributed by atoms with Crippen LogP contribution >= 0.6 is 0 Å². The summed E-state index contributed by atoms with van der Waals surface area (Å²) in [7, 11) is 1.90. The lowest BCUT2D eigenvalue weighted by molar-refractivity contribution is 0.385.